The molecule has 0 aliphatic heterocycles. The molecule has 0 fully saturated rings. The molecule has 3 nitrogen and oxygen atoms in total. The van der Waals surface area contributed by atoms with E-state index in [-0.39, 0.29) is 0 Å². The van der Waals surface area contributed by atoms with Crippen molar-refractivity contribution in [2.75, 3.05) is 4.90 Å². The van der Waals surface area contributed by atoms with Gasteiger partial charge in [-0.2, -0.15) is 0 Å². The molecule has 3 aromatic carbocycles. The summed E-state index contributed by atoms with van der Waals surface area (Å²) < 4.78 is 0. The fourth-order valence-corrected chi connectivity index (χ4v) is 3.76. The van der Waals surface area contributed by atoms with Crippen molar-refractivity contribution < 1.29 is 9.59 Å². The Balaban J connectivity index is 2.04. The molecule has 160 valence electrons. The number of carbonyl (C=O) groups excluding carboxylic acids is 2. The van der Waals surface area contributed by atoms with Crippen molar-refractivity contribution in [2.24, 2.45) is 0 Å². The molecule has 0 saturated carbocycles. The Morgan fingerprint density at radius 3 is 1.39 bits per heavy atom. The van der Waals surface area contributed by atoms with Gasteiger partial charge in [-0.1, -0.05) is 51.0 Å². The molecule has 0 aromatic heterocycles. The van der Waals surface area contributed by atoms with Crippen LogP contribution in [0.15, 0.2) is 66.7 Å². The Hall–Kier alpha value is -3.20. The van der Waals surface area contributed by atoms with Crippen LogP contribution in [-0.4, -0.2) is 12.6 Å². The van der Waals surface area contributed by atoms with Gasteiger partial charge >= 0.3 is 0 Å². The predicted molar refractivity (Wildman–Crippen MR) is 129 cm³/mol. The summed E-state index contributed by atoms with van der Waals surface area (Å²) in [5.74, 6) is 0. The maximum absolute atomic E-state index is 11.5. The molecule has 31 heavy (non-hydrogen) atoms. The number of nitrogens with zero attached hydrogens (tertiary/aromatic N) is 1. The molecule has 0 saturated heterocycles. The van der Waals surface area contributed by atoms with Crippen LogP contribution in [0.1, 0.15) is 71.4 Å². The Bertz CT molecular complexity index is 913. The summed E-state index contributed by atoms with van der Waals surface area (Å²) in [6.07, 6.45) is 8.40. The van der Waals surface area contributed by atoms with E-state index >= 15 is 0 Å². The maximum atomic E-state index is 11.5. The van der Waals surface area contributed by atoms with Crippen LogP contribution in [0.4, 0.5) is 17.1 Å². The second kappa shape index (κ2) is 11.3. The van der Waals surface area contributed by atoms with Crippen molar-refractivity contribution in [3.8, 4) is 0 Å². The summed E-state index contributed by atoms with van der Waals surface area (Å²) in [7, 11) is 0. The third kappa shape index (κ3) is 5.91. The van der Waals surface area contributed by atoms with Crippen LogP contribution in [0, 0.1) is 0 Å². The minimum atomic E-state index is 0.490. The molecule has 0 aliphatic carbocycles. The first-order valence-electron chi connectivity index (χ1n) is 11.2. The molecule has 0 radical (unpaired) electrons. The van der Waals surface area contributed by atoms with E-state index in [0.29, 0.717) is 11.1 Å². The van der Waals surface area contributed by atoms with Gasteiger partial charge in [0.1, 0.15) is 12.6 Å². The summed E-state index contributed by atoms with van der Waals surface area (Å²) in [4.78, 5) is 25.1. The fraction of sp³-hybridized carbons (Fsp3) is 0.286. The molecule has 0 amide bonds. The maximum Gasteiger partial charge on any atom is 0.150 e. The number of anilines is 3. The molecule has 3 heteroatoms. The van der Waals surface area contributed by atoms with Crippen molar-refractivity contribution in [2.45, 2.75) is 52.4 Å². The van der Waals surface area contributed by atoms with Crippen LogP contribution in [0.5, 0.6) is 0 Å². The Morgan fingerprint density at radius 2 is 1.03 bits per heavy atom. The Labute approximate surface area is 185 Å². The first-order valence-corrected chi connectivity index (χ1v) is 11.2. The Morgan fingerprint density at radius 1 is 0.613 bits per heavy atom. The van der Waals surface area contributed by atoms with Gasteiger partial charge in [-0.15, -0.1) is 0 Å². The van der Waals surface area contributed by atoms with Crippen molar-refractivity contribution in [3.05, 3.63) is 89.0 Å². The lowest BCUT2D eigenvalue weighted by atomic mass is 10.0. The van der Waals surface area contributed by atoms with Crippen LogP contribution in [0.3, 0.4) is 0 Å². The summed E-state index contributed by atoms with van der Waals surface area (Å²) in [6, 6.07) is 22.4. The molecule has 0 aliphatic rings. The zero-order chi connectivity index (χ0) is 22.1. The largest absolute Gasteiger partial charge is 0.310 e. The van der Waals surface area contributed by atoms with Crippen LogP contribution in [0.2, 0.25) is 0 Å². The van der Waals surface area contributed by atoms with Gasteiger partial charge in [0, 0.05) is 28.2 Å². The molecule has 0 bridgehead atoms. The summed E-state index contributed by atoms with van der Waals surface area (Å²) in [5.41, 5.74) is 6.41. The van der Waals surface area contributed by atoms with Gasteiger partial charge in [-0.05, 0) is 79.3 Å². The van der Waals surface area contributed by atoms with Crippen molar-refractivity contribution in [1.82, 2.24) is 0 Å². The number of hydrogen-bond donors (Lipinski definition) is 0. The first-order chi connectivity index (χ1) is 15.2. The highest BCUT2D eigenvalue weighted by Crippen LogP contribution is 2.35. The number of aryl methyl sites for hydroxylation is 2. The molecule has 0 spiro atoms. The fourth-order valence-electron chi connectivity index (χ4n) is 3.76. The molecular formula is C28H31NO2. The van der Waals surface area contributed by atoms with Gasteiger partial charge in [0.2, 0.25) is 0 Å². The van der Waals surface area contributed by atoms with E-state index in [9.17, 15) is 9.59 Å². The van der Waals surface area contributed by atoms with Crippen molar-refractivity contribution in [1.29, 1.82) is 0 Å². The molecular weight excluding hydrogens is 382 g/mol. The number of benzene rings is 3. The SMILES string of the molecule is CCCCc1ccc(N(c2ccc(CCCC)cc2)c2cc(C=O)cc(C=O)c2)cc1. The van der Waals surface area contributed by atoms with Gasteiger partial charge < -0.3 is 4.90 Å². The Kier molecular flexibility index (Phi) is 8.17. The highest BCUT2D eigenvalue weighted by molar-refractivity contribution is 5.88. The topological polar surface area (TPSA) is 37.4 Å². The van der Waals surface area contributed by atoms with E-state index in [1.54, 1.807) is 6.07 Å². The highest BCUT2D eigenvalue weighted by Gasteiger charge is 2.14. The molecule has 0 unspecified atom stereocenters. The summed E-state index contributed by atoms with van der Waals surface area (Å²) >= 11 is 0. The van der Waals surface area contributed by atoms with Gasteiger partial charge in [0.05, 0.1) is 0 Å². The number of unbranched alkanes of at least 4 members (excludes halogenated alkanes) is 2. The smallest absolute Gasteiger partial charge is 0.150 e. The average molecular weight is 414 g/mol. The average Bonchev–Trinajstić information content (AvgIpc) is 2.83. The van der Waals surface area contributed by atoms with Gasteiger partial charge in [-0.25, -0.2) is 0 Å². The monoisotopic (exact) mass is 413 g/mol. The zero-order valence-corrected chi connectivity index (χ0v) is 18.5. The first kappa shape index (κ1) is 22.5. The lowest BCUT2D eigenvalue weighted by Gasteiger charge is -2.26. The van der Waals surface area contributed by atoms with Gasteiger partial charge in [0.15, 0.2) is 0 Å². The van der Waals surface area contributed by atoms with E-state index in [1.165, 1.54) is 36.8 Å². The lowest BCUT2D eigenvalue weighted by Crippen LogP contribution is -2.11. The third-order valence-electron chi connectivity index (χ3n) is 5.52. The van der Waals surface area contributed by atoms with Crippen LogP contribution < -0.4 is 4.90 Å². The third-order valence-corrected chi connectivity index (χ3v) is 5.52. The summed E-state index contributed by atoms with van der Waals surface area (Å²) in [5, 5.41) is 0. The molecule has 0 atom stereocenters. The number of aldehydes is 2. The number of carbonyl (C=O) groups is 2. The lowest BCUT2D eigenvalue weighted by molar-refractivity contribution is 0.112. The molecule has 3 aromatic rings. The highest BCUT2D eigenvalue weighted by atomic mass is 16.1. The standard InChI is InChI=1S/C28H31NO2/c1-3-5-7-22-9-13-26(14-10-22)29(27-15-11-23(12-16-27)8-6-4-2)28-18-24(20-30)17-25(19-28)21-31/h9-21H,3-8H2,1-2H3. The van der Waals surface area contributed by atoms with Gasteiger partial charge in [-0.3, -0.25) is 9.59 Å². The molecule has 0 heterocycles. The van der Waals surface area contributed by atoms with E-state index in [1.807, 2.05) is 12.1 Å². The van der Waals surface area contributed by atoms with E-state index in [2.05, 4.69) is 67.3 Å². The van der Waals surface area contributed by atoms with Crippen molar-refractivity contribution >= 4 is 29.6 Å². The zero-order valence-electron chi connectivity index (χ0n) is 18.5. The van der Waals surface area contributed by atoms with Crippen LogP contribution in [-0.2, 0) is 12.8 Å². The van der Waals surface area contributed by atoms with Crippen LogP contribution >= 0.6 is 0 Å². The second-order valence-electron chi connectivity index (χ2n) is 7.97. The second-order valence-corrected chi connectivity index (χ2v) is 7.97. The summed E-state index contributed by atoms with van der Waals surface area (Å²) in [6.45, 7) is 4.40. The minimum absolute atomic E-state index is 0.490. The predicted octanol–water partition coefficient (Wildman–Crippen LogP) is 7.47. The van der Waals surface area contributed by atoms with E-state index in [0.717, 1.165) is 42.5 Å². The number of rotatable bonds is 11. The minimum Gasteiger partial charge on any atom is -0.310 e. The number of hydrogen-bond acceptors (Lipinski definition) is 3. The van der Waals surface area contributed by atoms with Gasteiger partial charge in [0.25, 0.3) is 0 Å². The van der Waals surface area contributed by atoms with E-state index < -0.39 is 0 Å². The molecule has 3 rings (SSSR count). The van der Waals surface area contributed by atoms with E-state index in [4.69, 9.17) is 0 Å². The normalized spacial score (nSPS) is 10.6. The molecule has 0 N–H and O–H groups in total. The quantitative estimate of drug-likeness (QED) is 0.306. The van der Waals surface area contributed by atoms with Crippen molar-refractivity contribution in [3.63, 3.8) is 0 Å². The van der Waals surface area contributed by atoms with Crippen LogP contribution in [0.25, 0.3) is 0 Å².